The molecule has 0 atom stereocenters. The number of nitrogens with zero attached hydrogens (tertiary/aromatic N) is 6. The number of fused-ring (bicyclic) bond motifs is 1. The topological polar surface area (TPSA) is 88.4 Å². The monoisotopic (exact) mass is 465 g/mol. The van der Waals surface area contributed by atoms with Crippen molar-refractivity contribution in [1.82, 2.24) is 24.4 Å². The van der Waals surface area contributed by atoms with Gasteiger partial charge in [-0.2, -0.15) is 9.97 Å². The molecule has 1 aliphatic rings. The van der Waals surface area contributed by atoms with E-state index in [4.69, 9.17) is 14.7 Å². The average Bonchev–Trinajstić information content (AvgIpc) is 3.16. The minimum atomic E-state index is -0.179. The molecular formula is C25H35N7O2. The number of ether oxygens (including phenoxy) is 1. The highest BCUT2D eigenvalue weighted by atomic mass is 16.5. The lowest BCUT2D eigenvalue weighted by Crippen LogP contribution is -2.48. The number of benzene rings is 1. The first-order chi connectivity index (χ1) is 16.2. The van der Waals surface area contributed by atoms with E-state index in [9.17, 15) is 4.79 Å². The number of anilines is 3. The van der Waals surface area contributed by atoms with E-state index in [0.717, 1.165) is 48.8 Å². The van der Waals surface area contributed by atoms with Crippen LogP contribution >= 0.6 is 0 Å². The molecule has 3 heterocycles. The zero-order valence-electron chi connectivity index (χ0n) is 21.1. The Bertz CT molecular complexity index is 1170. The van der Waals surface area contributed by atoms with Crippen molar-refractivity contribution in [1.29, 1.82) is 0 Å². The van der Waals surface area contributed by atoms with Crippen LogP contribution in [0, 0.1) is 6.92 Å². The molecule has 3 aromatic rings. The number of esters is 1. The van der Waals surface area contributed by atoms with Crippen LogP contribution in [0.25, 0.3) is 11.2 Å². The molecule has 1 N–H and O–H groups in total. The van der Waals surface area contributed by atoms with Crippen LogP contribution in [0.4, 0.5) is 17.5 Å². The molecule has 1 fully saturated rings. The predicted molar refractivity (Wildman–Crippen MR) is 135 cm³/mol. The number of aromatic nitrogens is 4. The summed E-state index contributed by atoms with van der Waals surface area (Å²) in [6.07, 6.45) is 1.77. The molecule has 9 nitrogen and oxygen atoms in total. The van der Waals surface area contributed by atoms with Gasteiger partial charge in [0.15, 0.2) is 11.5 Å². The summed E-state index contributed by atoms with van der Waals surface area (Å²) >= 11 is 0. The van der Waals surface area contributed by atoms with Crippen LogP contribution < -0.4 is 10.2 Å². The summed E-state index contributed by atoms with van der Waals surface area (Å²) < 4.78 is 7.03. The molecule has 1 aromatic carbocycles. The van der Waals surface area contributed by atoms with E-state index in [1.165, 1.54) is 5.56 Å². The van der Waals surface area contributed by atoms with Gasteiger partial charge in [0, 0.05) is 38.9 Å². The molecule has 1 saturated heterocycles. The molecule has 182 valence electrons. The Hall–Kier alpha value is -3.20. The van der Waals surface area contributed by atoms with E-state index >= 15 is 0 Å². The maximum absolute atomic E-state index is 11.8. The van der Waals surface area contributed by atoms with Crippen LogP contribution in [-0.4, -0.2) is 69.7 Å². The Morgan fingerprint density at radius 3 is 2.56 bits per heavy atom. The van der Waals surface area contributed by atoms with Crippen LogP contribution in [0.5, 0.6) is 0 Å². The van der Waals surface area contributed by atoms with Gasteiger partial charge in [0.05, 0.1) is 19.5 Å². The fraction of sp³-hybridized carbons (Fsp3) is 0.520. The Morgan fingerprint density at radius 2 is 1.88 bits per heavy atom. The maximum Gasteiger partial charge on any atom is 0.320 e. The SMILES string of the molecule is CCOC(=O)CN1CCN(c2nc(Nc3cc(C(C)(C)C)ccc3C)c3c(ncn3C)n2)CC1. The molecule has 1 aliphatic heterocycles. The van der Waals surface area contributed by atoms with Gasteiger partial charge < -0.3 is 19.5 Å². The van der Waals surface area contributed by atoms with E-state index in [2.05, 4.69) is 66.0 Å². The smallest absolute Gasteiger partial charge is 0.320 e. The molecule has 4 rings (SSSR count). The zero-order chi connectivity index (χ0) is 24.5. The first-order valence-corrected chi connectivity index (χ1v) is 11.9. The molecule has 0 unspecified atom stereocenters. The van der Waals surface area contributed by atoms with Gasteiger partial charge in [-0.1, -0.05) is 32.9 Å². The molecule has 34 heavy (non-hydrogen) atoms. The van der Waals surface area contributed by atoms with E-state index < -0.39 is 0 Å². The van der Waals surface area contributed by atoms with Crippen molar-refractivity contribution in [2.45, 2.75) is 40.0 Å². The Labute approximate surface area is 201 Å². The number of hydrogen-bond donors (Lipinski definition) is 1. The van der Waals surface area contributed by atoms with Crippen molar-refractivity contribution < 1.29 is 9.53 Å². The van der Waals surface area contributed by atoms with Crippen molar-refractivity contribution in [2.75, 3.05) is 49.5 Å². The van der Waals surface area contributed by atoms with Crippen molar-refractivity contribution in [3.05, 3.63) is 35.7 Å². The van der Waals surface area contributed by atoms with Gasteiger partial charge in [0.2, 0.25) is 5.95 Å². The van der Waals surface area contributed by atoms with Crippen LogP contribution in [0.15, 0.2) is 24.5 Å². The minimum Gasteiger partial charge on any atom is -0.465 e. The second-order valence-electron chi connectivity index (χ2n) is 9.87. The average molecular weight is 466 g/mol. The third-order valence-corrected chi connectivity index (χ3v) is 6.23. The number of rotatable bonds is 6. The van der Waals surface area contributed by atoms with Gasteiger partial charge in [-0.05, 0) is 36.5 Å². The number of hydrogen-bond acceptors (Lipinski definition) is 8. The Balaban J connectivity index is 1.60. The highest BCUT2D eigenvalue weighted by Gasteiger charge is 2.23. The van der Waals surface area contributed by atoms with E-state index in [-0.39, 0.29) is 11.4 Å². The first-order valence-electron chi connectivity index (χ1n) is 11.9. The lowest BCUT2D eigenvalue weighted by Gasteiger charge is -2.34. The van der Waals surface area contributed by atoms with Crippen molar-refractivity contribution in [3.8, 4) is 0 Å². The molecule has 2 aromatic heterocycles. The number of imidazole rings is 1. The largest absolute Gasteiger partial charge is 0.465 e. The van der Waals surface area contributed by atoms with Crippen molar-refractivity contribution >= 4 is 34.6 Å². The zero-order valence-corrected chi connectivity index (χ0v) is 21.1. The molecule has 0 aliphatic carbocycles. The lowest BCUT2D eigenvalue weighted by atomic mass is 9.86. The van der Waals surface area contributed by atoms with Crippen LogP contribution in [0.1, 0.15) is 38.8 Å². The summed E-state index contributed by atoms with van der Waals surface area (Å²) in [5, 5.41) is 3.57. The number of nitrogens with one attached hydrogen (secondary N) is 1. The third kappa shape index (κ3) is 5.14. The number of aryl methyl sites for hydroxylation is 2. The highest BCUT2D eigenvalue weighted by molar-refractivity contribution is 5.87. The Morgan fingerprint density at radius 1 is 1.15 bits per heavy atom. The number of carbonyl (C=O) groups excluding carboxylic acids is 1. The third-order valence-electron chi connectivity index (χ3n) is 6.23. The fourth-order valence-corrected chi connectivity index (χ4v) is 4.12. The maximum atomic E-state index is 11.8. The quantitative estimate of drug-likeness (QED) is 0.554. The van der Waals surface area contributed by atoms with Gasteiger partial charge in [-0.3, -0.25) is 9.69 Å². The van der Waals surface area contributed by atoms with E-state index in [1.54, 1.807) is 6.33 Å². The van der Waals surface area contributed by atoms with Crippen LogP contribution in [0.3, 0.4) is 0 Å². The summed E-state index contributed by atoms with van der Waals surface area (Å²) in [6.45, 7) is 14.2. The summed E-state index contributed by atoms with van der Waals surface area (Å²) in [5.74, 6) is 1.21. The first kappa shape index (κ1) is 23.9. The summed E-state index contributed by atoms with van der Waals surface area (Å²) in [7, 11) is 1.95. The lowest BCUT2D eigenvalue weighted by molar-refractivity contribution is -0.144. The number of piperazine rings is 1. The Kier molecular flexibility index (Phi) is 6.74. The van der Waals surface area contributed by atoms with Gasteiger partial charge >= 0.3 is 5.97 Å². The van der Waals surface area contributed by atoms with Gasteiger partial charge in [0.1, 0.15) is 5.52 Å². The number of carbonyl (C=O) groups is 1. The van der Waals surface area contributed by atoms with Gasteiger partial charge in [-0.15, -0.1) is 0 Å². The minimum absolute atomic E-state index is 0.0477. The van der Waals surface area contributed by atoms with E-state index in [0.29, 0.717) is 24.7 Å². The van der Waals surface area contributed by atoms with Gasteiger partial charge in [-0.25, -0.2) is 4.98 Å². The molecule has 0 spiro atoms. The van der Waals surface area contributed by atoms with Crippen molar-refractivity contribution in [2.24, 2.45) is 7.05 Å². The van der Waals surface area contributed by atoms with E-state index in [1.807, 2.05) is 18.5 Å². The normalized spacial score (nSPS) is 15.1. The molecule has 9 heteroatoms. The fourth-order valence-electron chi connectivity index (χ4n) is 4.12. The molecule has 0 bridgehead atoms. The second kappa shape index (κ2) is 9.58. The standard InChI is InChI=1S/C25H35N7O2/c1-7-34-20(33)15-31-10-12-32(13-11-31)24-28-22-21(30(6)16-26-22)23(29-24)27-19-14-18(25(3,4)5)9-8-17(19)2/h8-9,14,16H,7,10-13,15H2,1-6H3,(H,27,28,29). The summed E-state index contributed by atoms with van der Waals surface area (Å²) in [6, 6.07) is 6.53. The summed E-state index contributed by atoms with van der Waals surface area (Å²) in [4.78, 5) is 30.3. The van der Waals surface area contributed by atoms with Crippen molar-refractivity contribution in [3.63, 3.8) is 0 Å². The van der Waals surface area contributed by atoms with Crippen LogP contribution in [0.2, 0.25) is 0 Å². The van der Waals surface area contributed by atoms with Gasteiger partial charge in [0.25, 0.3) is 0 Å². The molecular weight excluding hydrogens is 430 g/mol. The summed E-state index contributed by atoms with van der Waals surface area (Å²) in [5.41, 5.74) is 5.01. The second-order valence-corrected chi connectivity index (χ2v) is 9.87. The molecule has 0 radical (unpaired) electrons. The molecule has 0 amide bonds. The van der Waals surface area contributed by atoms with Crippen LogP contribution in [-0.2, 0) is 22.0 Å². The highest BCUT2D eigenvalue weighted by Crippen LogP contribution is 2.31. The molecule has 0 saturated carbocycles. The predicted octanol–water partition coefficient (Wildman–Crippen LogP) is 3.40.